The molecule has 1 aromatic carbocycles. The van der Waals surface area contributed by atoms with Crippen LogP contribution in [-0.4, -0.2) is 24.2 Å². The van der Waals surface area contributed by atoms with Crippen molar-refractivity contribution in [3.63, 3.8) is 0 Å². The molecular formula is C14H22N2OS. The third kappa shape index (κ3) is 5.56. The monoisotopic (exact) mass is 266 g/mol. The fourth-order valence-corrected chi connectivity index (χ4v) is 2.37. The highest BCUT2D eigenvalue weighted by Gasteiger charge is 2.05. The molecule has 0 heterocycles. The Hall–Kier alpha value is -1.00. The molecule has 18 heavy (non-hydrogen) atoms. The number of carbonyl (C=O) groups excluding carboxylic acids is 1. The van der Waals surface area contributed by atoms with Gasteiger partial charge in [0.15, 0.2) is 0 Å². The van der Waals surface area contributed by atoms with Crippen LogP contribution in [0.15, 0.2) is 29.2 Å². The molecule has 0 radical (unpaired) electrons. The Balaban J connectivity index is 2.43. The van der Waals surface area contributed by atoms with E-state index in [9.17, 15) is 4.79 Å². The zero-order valence-electron chi connectivity index (χ0n) is 11.1. The van der Waals surface area contributed by atoms with E-state index in [0.717, 1.165) is 18.4 Å². The number of nitrogens with two attached hydrogens (primary N) is 1. The molecule has 0 fully saturated rings. The van der Waals surface area contributed by atoms with Crippen molar-refractivity contribution >= 4 is 17.7 Å². The van der Waals surface area contributed by atoms with Crippen molar-refractivity contribution in [2.75, 3.05) is 13.1 Å². The van der Waals surface area contributed by atoms with E-state index < -0.39 is 0 Å². The van der Waals surface area contributed by atoms with Crippen LogP contribution >= 0.6 is 11.8 Å². The summed E-state index contributed by atoms with van der Waals surface area (Å²) in [5, 5.41) is 3.45. The summed E-state index contributed by atoms with van der Waals surface area (Å²) in [6.07, 6.45) is 1.88. The SMILES string of the molecule is CC(C)Sc1ccc(C(=O)NCCCCN)cc1. The third-order valence-electron chi connectivity index (χ3n) is 2.40. The minimum atomic E-state index is -0.00637. The fourth-order valence-electron chi connectivity index (χ4n) is 1.53. The molecule has 0 aliphatic rings. The highest BCUT2D eigenvalue weighted by atomic mass is 32.2. The van der Waals surface area contributed by atoms with E-state index in [1.54, 1.807) is 11.8 Å². The number of nitrogens with one attached hydrogen (secondary N) is 1. The number of benzene rings is 1. The van der Waals surface area contributed by atoms with Crippen LogP contribution in [0.4, 0.5) is 0 Å². The second kappa shape index (κ2) is 8.16. The Bertz CT molecular complexity index is 363. The van der Waals surface area contributed by atoms with E-state index in [-0.39, 0.29) is 5.91 Å². The molecule has 1 amide bonds. The number of carbonyl (C=O) groups is 1. The first-order valence-electron chi connectivity index (χ1n) is 6.38. The van der Waals surface area contributed by atoms with Crippen molar-refractivity contribution in [1.29, 1.82) is 0 Å². The van der Waals surface area contributed by atoms with Gasteiger partial charge in [-0.15, -0.1) is 11.8 Å². The first kappa shape index (κ1) is 15.1. The molecule has 3 nitrogen and oxygen atoms in total. The molecular weight excluding hydrogens is 244 g/mol. The maximum Gasteiger partial charge on any atom is 0.251 e. The van der Waals surface area contributed by atoms with Gasteiger partial charge in [-0.1, -0.05) is 13.8 Å². The zero-order valence-corrected chi connectivity index (χ0v) is 11.9. The first-order chi connectivity index (χ1) is 8.63. The summed E-state index contributed by atoms with van der Waals surface area (Å²) in [6.45, 7) is 5.68. The van der Waals surface area contributed by atoms with Crippen molar-refractivity contribution in [2.45, 2.75) is 36.8 Å². The smallest absolute Gasteiger partial charge is 0.251 e. The van der Waals surface area contributed by atoms with Gasteiger partial charge in [0.05, 0.1) is 0 Å². The van der Waals surface area contributed by atoms with Crippen molar-refractivity contribution in [3.05, 3.63) is 29.8 Å². The van der Waals surface area contributed by atoms with Crippen LogP contribution in [-0.2, 0) is 0 Å². The highest BCUT2D eigenvalue weighted by molar-refractivity contribution is 7.99. The molecule has 4 heteroatoms. The van der Waals surface area contributed by atoms with Crippen molar-refractivity contribution in [3.8, 4) is 0 Å². The highest BCUT2D eigenvalue weighted by Crippen LogP contribution is 2.22. The van der Waals surface area contributed by atoms with Gasteiger partial charge >= 0.3 is 0 Å². The summed E-state index contributed by atoms with van der Waals surface area (Å²) in [4.78, 5) is 13.0. The van der Waals surface area contributed by atoms with Crippen LogP contribution in [0.2, 0.25) is 0 Å². The molecule has 0 saturated carbocycles. The number of hydrogen-bond donors (Lipinski definition) is 2. The van der Waals surface area contributed by atoms with Gasteiger partial charge < -0.3 is 11.1 Å². The summed E-state index contributed by atoms with van der Waals surface area (Å²) in [5.74, 6) is -0.00637. The Kier molecular flexibility index (Phi) is 6.83. The van der Waals surface area contributed by atoms with E-state index >= 15 is 0 Å². The van der Waals surface area contributed by atoms with Crippen LogP contribution < -0.4 is 11.1 Å². The Morgan fingerprint density at radius 3 is 2.50 bits per heavy atom. The van der Waals surface area contributed by atoms with Crippen LogP contribution in [0.5, 0.6) is 0 Å². The van der Waals surface area contributed by atoms with Gasteiger partial charge in [0, 0.05) is 22.3 Å². The van der Waals surface area contributed by atoms with E-state index in [1.165, 1.54) is 4.90 Å². The van der Waals surface area contributed by atoms with Gasteiger partial charge in [-0.3, -0.25) is 4.79 Å². The molecule has 1 rings (SSSR count). The summed E-state index contributed by atoms with van der Waals surface area (Å²) in [6, 6.07) is 7.75. The topological polar surface area (TPSA) is 55.1 Å². The third-order valence-corrected chi connectivity index (χ3v) is 3.42. The van der Waals surface area contributed by atoms with Crippen molar-refractivity contribution < 1.29 is 4.79 Å². The molecule has 0 atom stereocenters. The average Bonchev–Trinajstić information content (AvgIpc) is 2.34. The number of amides is 1. The maximum atomic E-state index is 11.8. The molecule has 0 spiro atoms. The van der Waals surface area contributed by atoms with Gasteiger partial charge in [-0.25, -0.2) is 0 Å². The van der Waals surface area contributed by atoms with Crippen LogP contribution in [0.3, 0.4) is 0 Å². The molecule has 0 aliphatic heterocycles. The van der Waals surface area contributed by atoms with Crippen molar-refractivity contribution in [2.24, 2.45) is 5.73 Å². The number of hydrogen-bond acceptors (Lipinski definition) is 3. The second-order valence-corrected chi connectivity index (χ2v) is 6.09. The minimum Gasteiger partial charge on any atom is -0.352 e. The van der Waals surface area contributed by atoms with E-state index in [4.69, 9.17) is 5.73 Å². The predicted molar refractivity (Wildman–Crippen MR) is 78.1 cm³/mol. The summed E-state index contributed by atoms with van der Waals surface area (Å²) >= 11 is 1.80. The van der Waals surface area contributed by atoms with Gasteiger partial charge in [-0.2, -0.15) is 0 Å². The molecule has 0 bridgehead atoms. The lowest BCUT2D eigenvalue weighted by Crippen LogP contribution is -2.24. The molecule has 1 aromatic rings. The molecule has 100 valence electrons. The van der Waals surface area contributed by atoms with Gasteiger partial charge in [0.25, 0.3) is 5.91 Å². The minimum absolute atomic E-state index is 0.00637. The lowest BCUT2D eigenvalue weighted by molar-refractivity contribution is 0.0953. The van der Waals surface area contributed by atoms with E-state index in [1.807, 2.05) is 24.3 Å². The number of rotatable bonds is 7. The molecule has 0 saturated heterocycles. The largest absolute Gasteiger partial charge is 0.352 e. The summed E-state index contributed by atoms with van der Waals surface area (Å²) in [7, 11) is 0. The van der Waals surface area contributed by atoms with Gasteiger partial charge in [0.2, 0.25) is 0 Å². The standard InChI is InChI=1S/C14H22N2OS/c1-11(2)18-13-7-5-12(6-8-13)14(17)16-10-4-3-9-15/h5-8,11H,3-4,9-10,15H2,1-2H3,(H,16,17). The van der Waals surface area contributed by atoms with E-state index in [0.29, 0.717) is 18.3 Å². The van der Waals surface area contributed by atoms with Crippen LogP contribution in [0, 0.1) is 0 Å². The quantitative estimate of drug-likeness (QED) is 0.589. The molecule has 0 unspecified atom stereocenters. The molecule has 3 N–H and O–H groups in total. The zero-order chi connectivity index (χ0) is 13.4. The van der Waals surface area contributed by atoms with Gasteiger partial charge in [0.1, 0.15) is 0 Å². The Morgan fingerprint density at radius 2 is 1.94 bits per heavy atom. The first-order valence-corrected chi connectivity index (χ1v) is 7.26. The molecule has 0 aliphatic carbocycles. The molecule has 0 aromatic heterocycles. The van der Waals surface area contributed by atoms with Crippen LogP contribution in [0.25, 0.3) is 0 Å². The maximum absolute atomic E-state index is 11.8. The number of thioether (sulfide) groups is 1. The van der Waals surface area contributed by atoms with Gasteiger partial charge in [-0.05, 0) is 43.7 Å². The van der Waals surface area contributed by atoms with Crippen molar-refractivity contribution in [1.82, 2.24) is 5.32 Å². The lowest BCUT2D eigenvalue weighted by Gasteiger charge is -2.07. The Labute approximate surface area is 114 Å². The predicted octanol–water partition coefficient (Wildman–Crippen LogP) is 2.66. The second-order valence-electron chi connectivity index (χ2n) is 4.44. The van der Waals surface area contributed by atoms with E-state index in [2.05, 4.69) is 19.2 Å². The lowest BCUT2D eigenvalue weighted by atomic mass is 10.2. The van der Waals surface area contributed by atoms with Crippen LogP contribution in [0.1, 0.15) is 37.0 Å². The average molecular weight is 266 g/mol. The Morgan fingerprint density at radius 1 is 1.28 bits per heavy atom. The fraction of sp³-hybridized carbons (Fsp3) is 0.500. The summed E-state index contributed by atoms with van der Waals surface area (Å²) in [5.41, 5.74) is 6.12. The summed E-state index contributed by atoms with van der Waals surface area (Å²) < 4.78 is 0. The number of unbranched alkanes of at least 4 members (excludes halogenated alkanes) is 1. The normalized spacial score (nSPS) is 10.7.